The van der Waals surface area contributed by atoms with Gasteiger partial charge < -0.3 is 4.42 Å². The Balaban J connectivity index is 1.37. The van der Waals surface area contributed by atoms with E-state index >= 15 is 0 Å². The van der Waals surface area contributed by atoms with Crippen LogP contribution in [0.25, 0.3) is 103 Å². The van der Waals surface area contributed by atoms with Crippen LogP contribution >= 0.6 is 11.3 Å². The molecule has 47 heavy (non-hydrogen) atoms. The Hall–Kier alpha value is -6.04. The van der Waals surface area contributed by atoms with E-state index in [1.54, 1.807) is 0 Å². The van der Waals surface area contributed by atoms with Crippen molar-refractivity contribution in [2.45, 2.75) is 0 Å². The normalized spacial score (nSPS) is 12.3. The molecule has 0 spiro atoms. The highest BCUT2D eigenvalue weighted by Crippen LogP contribution is 2.48. The third kappa shape index (κ3) is 3.36. The molecule has 0 aliphatic rings. The van der Waals surface area contributed by atoms with Gasteiger partial charge in [-0.15, -0.1) is 11.3 Å². The Kier molecular flexibility index (Phi) is 4.96. The molecule has 218 valence electrons. The first-order valence-corrected chi connectivity index (χ1v) is 16.6. The molecule has 7 aromatic carbocycles. The zero-order valence-corrected chi connectivity index (χ0v) is 25.8. The molecule has 0 saturated carbocycles. The van der Waals surface area contributed by atoms with Crippen LogP contribution in [0.5, 0.6) is 0 Å². The molecule has 0 saturated heterocycles. The summed E-state index contributed by atoms with van der Waals surface area (Å²) in [4.78, 5) is 10.8. The molecule has 4 nitrogen and oxygen atoms in total. The fourth-order valence-electron chi connectivity index (χ4n) is 7.67. The second-order valence-corrected chi connectivity index (χ2v) is 13.2. The first kappa shape index (κ1) is 25.2. The summed E-state index contributed by atoms with van der Waals surface area (Å²) < 4.78 is 11.4. The van der Waals surface area contributed by atoms with Gasteiger partial charge in [-0.05, 0) is 29.0 Å². The first-order chi connectivity index (χ1) is 23.3. The number of fused-ring (bicyclic) bond motifs is 14. The molecule has 0 aliphatic carbocycles. The number of para-hydroxylation sites is 2. The van der Waals surface area contributed by atoms with Gasteiger partial charge in [0.15, 0.2) is 0 Å². The van der Waals surface area contributed by atoms with Gasteiger partial charge in [-0.3, -0.25) is 4.57 Å². The third-order valence-electron chi connectivity index (χ3n) is 9.62. The van der Waals surface area contributed by atoms with Gasteiger partial charge in [0.05, 0.1) is 22.1 Å². The summed E-state index contributed by atoms with van der Waals surface area (Å²) >= 11 is 1.87. The molecule has 11 rings (SSSR count). The van der Waals surface area contributed by atoms with Crippen LogP contribution in [0.1, 0.15) is 0 Å². The van der Waals surface area contributed by atoms with Crippen LogP contribution in [0.4, 0.5) is 0 Å². The minimum absolute atomic E-state index is 0.580. The van der Waals surface area contributed by atoms with Crippen molar-refractivity contribution in [3.8, 4) is 17.2 Å². The first-order valence-electron chi connectivity index (χ1n) is 15.8. The summed E-state index contributed by atoms with van der Waals surface area (Å²) in [5, 5.41) is 11.6. The number of hydrogen-bond acceptors (Lipinski definition) is 4. The summed E-state index contributed by atoms with van der Waals surface area (Å²) in [7, 11) is 0. The van der Waals surface area contributed by atoms with E-state index in [-0.39, 0.29) is 0 Å². The van der Waals surface area contributed by atoms with Gasteiger partial charge in [0.25, 0.3) is 0 Å². The molecule has 0 atom stereocenters. The highest BCUT2D eigenvalue weighted by Gasteiger charge is 2.25. The Labute approximate surface area is 271 Å². The van der Waals surface area contributed by atoms with E-state index < -0.39 is 0 Å². The number of thiophene rings is 1. The van der Waals surface area contributed by atoms with Crippen molar-refractivity contribution in [1.29, 1.82) is 0 Å². The molecular formula is C42H23N3OS. The van der Waals surface area contributed by atoms with Crippen LogP contribution in [-0.4, -0.2) is 14.5 Å². The lowest BCUT2D eigenvalue weighted by atomic mass is 9.99. The van der Waals surface area contributed by atoms with E-state index in [1.807, 2.05) is 29.5 Å². The summed E-state index contributed by atoms with van der Waals surface area (Å²) in [6.07, 6.45) is 0. The predicted molar refractivity (Wildman–Crippen MR) is 197 cm³/mol. The predicted octanol–water partition coefficient (Wildman–Crippen LogP) is 11.8. The molecular weight excluding hydrogens is 595 g/mol. The van der Waals surface area contributed by atoms with Gasteiger partial charge in [0.2, 0.25) is 11.7 Å². The van der Waals surface area contributed by atoms with E-state index in [1.165, 1.54) is 47.1 Å². The summed E-state index contributed by atoms with van der Waals surface area (Å²) in [5.74, 6) is 0.592. The summed E-state index contributed by atoms with van der Waals surface area (Å²) in [6.45, 7) is 0. The van der Waals surface area contributed by atoms with Crippen LogP contribution in [-0.2, 0) is 0 Å². The average Bonchev–Trinajstić information content (AvgIpc) is 3.81. The molecule has 0 amide bonds. The minimum Gasteiger partial charge on any atom is -0.437 e. The number of hydrogen-bond donors (Lipinski definition) is 0. The molecule has 0 unspecified atom stereocenters. The smallest absolute Gasteiger partial charge is 0.238 e. The lowest BCUT2D eigenvalue weighted by Crippen LogP contribution is -2.03. The fourth-order valence-corrected chi connectivity index (χ4v) is 8.91. The second kappa shape index (κ2) is 9.25. The van der Waals surface area contributed by atoms with Gasteiger partial charge >= 0.3 is 0 Å². The number of rotatable bonds is 2. The highest BCUT2D eigenvalue weighted by molar-refractivity contribution is 7.27. The van der Waals surface area contributed by atoms with Crippen LogP contribution in [0, 0.1) is 0 Å². The monoisotopic (exact) mass is 617 g/mol. The van der Waals surface area contributed by atoms with Crippen molar-refractivity contribution < 1.29 is 4.42 Å². The maximum atomic E-state index is 6.53. The quantitative estimate of drug-likeness (QED) is 0.194. The highest BCUT2D eigenvalue weighted by atomic mass is 32.1. The van der Waals surface area contributed by atoms with E-state index in [9.17, 15) is 0 Å². The van der Waals surface area contributed by atoms with E-state index in [4.69, 9.17) is 14.4 Å². The van der Waals surface area contributed by atoms with Gasteiger partial charge in [-0.25, -0.2) is 4.98 Å². The Morgan fingerprint density at radius 2 is 1.19 bits per heavy atom. The SMILES string of the molecule is c1ccc2c(-c3nc(-n4c5ccccc5c5c6c7ccccc7sc6c6ccccc6c54)nc4oc5ccccc5c34)cccc2c1. The number of nitrogens with zero attached hydrogens (tertiary/aromatic N) is 3. The van der Waals surface area contributed by atoms with Gasteiger partial charge in [-0.1, -0.05) is 121 Å². The largest absolute Gasteiger partial charge is 0.437 e. The molecule has 4 heterocycles. The molecule has 0 radical (unpaired) electrons. The molecule has 0 aliphatic heterocycles. The lowest BCUT2D eigenvalue weighted by Gasteiger charge is -2.12. The Morgan fingerprint density at radius 1 is 0.511 bits per heavy atom. The Bertz CT molecular complexity index is 3090. The zero-order chi connectivity index (χ0) is 30.6. The van der Waals surface area contributed by atoms with Gasteiger partial charge in [-0.2, -0.15) is 4.98 Å². The number of furan rings is 1. The van der Waals surface area contributed by atoms with Crippen LogP contribution in [0.15, 0.2) is 144 Å². The van der Waals surface area contributed by atoms with Crippen LogP contribution in [0.3, 0.4) is 0 Å². The summed E-state index contributed by atoms with van der Waals surface area (Å²) in [6, 6.07) is 49.3. The minimum atomic E-state index is 0.580. The second-order valence-electron chi connectivity index (χ2n) is 12.1. The standard InChI is InChI=1S/C42H23N3OS/c1-2-14-25-24(12-1)13-11-20-26(25)38-37-30-18-6-9-22-33(30)46-41(37)44-42(43-38)45-32-21-8-5-17-29(32)35-36-31-19-7-10-23-34(31)47-40(36)28-16-4-3-15-27(28)39(35)45/h1-23H. The molecule has 5 heteroatoms. The van der Waals surface area contributed by atoms with Crippen molar-refractivity contribution in [3.63, 3.8) is 0 Å². The fraction of sp³-hybridized carbons (Fsp3) is 0. The van der Waals surface area contributed by atoms with Crippen molar-refractivity contribution in [2.75, 3.05) is 0 Å². The zero-order valence-electron chi connectivity index (χ0n) is 24.9. The number of aromatic nitrogens is 3. The molecule has 11 aromatic rings. The maximum Gasteiger partial charge on any atom is 0.238 e. The molecule has 4 aromatic heterocycles. The van der Waals surface area contributed by atoms with Crippen molar-refractivity contribution in [2.24, 2.45) is 0 Å². The van der Waals surface area contributed by atoms with Crippen molar-refractivity contribution in [1.82, 2.24) is 14.5 Å². The third-order valence-corrected chi connectivity index (χ3v) is 10.8. The van der Waals surface area contributed by atoms with Crippen LogP contribution in [0.2, 0.25) is 0 Å². The molecule has 0 N–H and O–H groups in total. The van der Waals surface area contributed by atoms with E-state index in [2.05, 4.69) is 126 Å². The maximum absolute atomic E-state index is 6.53. The Morgan fingerprint density at radius 3 is 2.09 bits per heavy atom. The van der Waals surface area contributed by atoms with Crippen molar-refractivity contribution >= 4 is 96.9 Å². The van der Waals surface area contributed by atoms with Crippen molar-refractivity contribution in [3.05, 3.63) is 140 Å². The number of benzene rings is 7. The van der Waals surface area contributed by atoms with Gasteiger partial charge in [0, 0.05) is 52.7 Å². The average molecular weight is 618 g/mol. The van der Waals surface area contributed by atoms with Crippen LogP contribution < -0.4 is 0 Å². The summed E-state index contributed by atoms with van der Waals surface area (Å²) in [5.41, 5.74) is 5.47. The topological polar surface area (TPSA) is 43.9 Å². The van der Waals surface area contributed by atoms with Gasteiger partial charge in [0.1, 0.15) is 5.58 Å². The van der Waals surface area contributed by atoms with E-state index in [0.29, 0.717) is 11.7 Å². The molecule has 0 fully saturated rings. The molecule has 0 bridgehead atoms. The lowest BCUT2D eigenvalue weighted by molar-refractivity contribution is 0.651. The van der Waals surface area contributed by atoms with E-state index in [0.717, 1.165) is 44.0 Å².